The lowest BCUT2D eigenvalue weighted by molar-refractivity contribution is 0.0665. The van der Waals surface area contributed by atoms with Crippen LogP contribution in [0.4, 0.5) is 0 Å². The van der Waals surface area contributed by atoms with Crippen molar-refractivity contribution in [2.24, 2.45) is 5.73 Å². The highest BCUT2D eigenvalue weighted by Crippen LogP contribution is 2.09. The van der Waals surface area contributed by atoms with Gasteiger partial charge < -0.3 is 10.8 Å². The fourth-order valence-corrected chi connectivity index (χ4v) is 1.07. The van der Waals surface area contributed by atoms with Crippen molar-refractivity contribution in [1.29, 1.82) is 0 Å². The lowest BCUT2D eigenvalue weighted by Crippen LogP contribution is -2.34. The quantitative estimate of drug-likeness (QED) is 0.610. The summed E-state index contributed by atoms with van der Waals surface area (Å²) in [6, 6.07) is 0. The molecule has 0 spiro atoms. The third kappa shape index (κ3) is 4.75. The topological polar surface area (TPSA) is 46.2 Å². The van der Waals surface area contributed by atoms with E-state index in [1.54, 1.807) is 18.7 Å². The Hall–Kier alpha value is 0.270. The molecule has 0 aliphatic rings. The van der Waals surface area contributed by atoms with Gasteiger partial charge in [0.1, 0.15) is 0 Å². The average molecular weight is 149 g/mol. The van der Waals surface area contributed by atoms with Crippen molar-refractivity contribution in [2.45, 2.75) is 18.9 Å². The summed E-state index contributed by atoms with van der Waals surface area (Å²) in [5, 5.41) is 9.32. The van der Waals surface area contributed by atoms with E-state index in [1.807, 2.05) is 6.26 Å². The Bertz CT molecular complexity index is 75.5. The zero-order valence-corrected chi connectivity index (χ0v) is 6.87. The molecule has 0 aromatic heterocycles. The molecule has 0 aromatic rings. The third-order valence-corrected chi connectivity index (χ3v) is 1.90. The molecule has 0 bridgehead atoms. The van der Waals surface area contributed by atoms with E-state index >= 15 is 0 Å². The van der Waals surface area contributed by atoms with Crippen LogP contribution >= 0.6 is 11.8 Å². The Morgan fingerprint density at radius 1 is 1.67 bits per heavy atom. The summed E-state index contributed by atoms with van der Waals surface area (Å²) in [4.78, 5) is 0. The lowest BCUT2D eigenvalue weighted by Gasteiger charge is -2.19. The molecular formula is C6H15NOS. The fourth-order valence-electron chi connectivity index (χ4n) is 0.424. The minimum absolute atomic E-state index is 0.355. The molecular weight excluding hydrogens is 134 g/mol. The normalized spacial score (nSPS) is 17.3. The van der Waals surface area contributed by atoms with Crippen molar-refractivity contribution in [3.05, 3.63) is 0 Å². The fraction of sp³-hybridized carbons (Fsp3) is 1.00. The number of hydrogen-bond acceptors (Lipinski definition) is 3. The van der Waals surface area contributed by atoms with Gasteiger partial charge in [0, 0.05) is 6.54 Å². The van der Waals surface area contributed by atoms with Crippen molar-refractivity contribution >= 4 is 11.8 Å². The van der Waals surface area contributed by atoms with Gasteiger partial charge in [-0.05, 0) is 25.4 Å². The number of nitrogens with two attached hydrogens (primary N) is 1. The first kappa shape index (κ1) is 9.27. The van der Waals surface area contributed by atoms with Gasteiger partial charge in [0.15, 0.2) is 0 Å². The van der Waals surface area contributed by atoms with Crippen molar-refractivity contribution in [3.63, 3.8) is 0 Å². The van der Waals surface area contributed by atoms with Gasteiger partial charge in [0.05, 0.1) is 5.60 Å². The molecule has 56 valence electrons. The van der Waals surface area contributed by atoms with E-state index in [-0.39, 0.29) is 0 Å². The van der Waals surface area contributed by atoms with Gasteiger partial charge in [-0.15, -0.1) is 0 Å². The van der Waals surface area contributed by atoms with Crippen LogP contribution < -0.4 is 5.73 Å². The van der Waals surface area contributed by atoms with Crippen LogP contribution in [0.1, 0.15) is 13.3 Å². The van der Waals surface area contributed by atoms with Crippen LogP contribution in [0, 0.1) is 0 Å². The van der Waals surface area contributed by atoms with E-state index in [1.165, 1.54) is 0 Å². The summed E-state index contributed by atoms with van der Waals surface area (Å²) < 4.78 is 0. The van der Waals surface area contributed by atoms with E-state index in [0.717, 1.165) is 12.2 Å². The second-order valence-corrected chi connectivity index (χ2v) is 3.43. The van der Waals surface area contributed by atoms with Gasteiger partial charge in [0.25, 0.3) is 0 Å². The molecule has 0 aromatic carbocycles. The van der Waals surface area contributed by atoms with E-state index in [9.17, 15) is 5.11 Å². The maximum absolute atomic E-state index is 9.32. The second-order valence-electron chi connectivity index (χ2n) is 2.44. The molecule has 0 aliphatic carbocycles. The summed E-state index contributed by atoms with van der Waals surface area (Å²) in [6.45, 7) is 2.12. The van der Waals surface area contributed by atoms with E-state index in [4.69, 9.17) is 5.73 Å². The smallest absolute Gasteiger partial charge is 0.0749 e. The minimum atomic E-state index is -0.650. The van der Waals surface area contributed by atoms with E-state index < -0.39 is 5.60 Å². The Morgan fingerprint density at radius 3 is 2.56 bits per heavy atom. The second kappa shape index (κ2) is 4.14. The molecule has 0 fully saturated rings. The van der Waals surface area contributed by atoms with Crippen molar-refractivity contribution in [2.75, 3.05) is 18.6 Å². The van der Waals surface area contributed by atoms with Crippen LogP contribution in [0.3, 0.4) is 0 Å². The molecule has 0 amide bonds. The molecule has 2 nitrogen and oxygen atoms in total. The van der Waals surface area contributed by atoms with Crippen molar-refractivity contribution in [1.82, 2.24) is 0 Å². The third-order valence-electron chi connectivity index (χ3n) is 1.28. The van der Waals surface area contributed by atoms with Crippen molar-refractivity contribution < 1.29 is 5.11 Å². The van der Waals surface area contributed by atoms with Gasteiger partial charge >= 0.3 is 0 Å². The average Bonchev–Trinajstić information content (AvgIpc) is 1.84. The summed E-state index contributed by atoms with van der Waals surface area (Å²) in [7, 11) is 0. The summed E-state index contributed by atoms with van der Waals surface area (Å²) in [5.74, 6) is 0.976. The number of aliphatic hydroxyl groups is 1. The molecule has 3 heteroatoms. The summed E-state index contributed by atoms with van der Waals surface area (Å²) >= 11 is 1.73. The van der Waals surface area contributed by atoms with E-state index in [0.29, 0.717) is 6.54 Å². The Labute approximate surface area is 60.8 Å². The molecule has 0 aliphatic heterocycles. The van der Waals surface area contributed by atoms with Gasteiger partial charge in [0.2, 0.25) is 0 Å². The van der Waals surface area contributed by atoms with Crippen LogP contribution in [0.5, 0.6) is 0 Å². The molecule has 1 atom stereocenters. The predicted octanol–water partition coefficient (Wildman–Crippen LogP) is 0.449. The zero-order chi connectivity index (χ0) is 7.33. The van der Waals surface area contributed by atoms with Gasteiger partial charge in [-0.3, -0.25) is 0 Å². The minimum Gasteiger partial charge on any atom is -0.389 e. The highest BCUT2D eigenvalue weighted by molar-refractivity contribution is 7.98. The number of rotatable bonds is 4. The molecule has 0 unspecified atom stereocenters. The standard InChI is InChI=1S/C6H15NOS/c1-6(8,5-7)3-4-9-2/h8H,3-5,7H2,1-2H3/t6-/m1/s1. The lowest BCUT2D eigenvalue weighted by atomic mass is 10.1. The first-order valence-electron chi connectivity index (χ1n) is 3.04. The predicted molar refractivity (Wildman–Crippen MR) is 42.7 cm³/mol. The van der Waals surface area contributed by atoms with Crippen LogP contribution in [0.15, 0.2) is 0 Å². The first-order chi connectivity index (χ1) is 4.12. The zero-order valence-electron chi connectivity index (χ0n) is 6.05. The summed E-state index contributed by atoms with van der Waals surface area (Å²) in [5.41, 5.74) is 4.64. The molecule has 0 heterocycles. The van der Waals surface area contributed by atoms with Gasteiger partial charge in [-0.25, -0.2) is 0 Å². The number of hydrogen-bond donors (Lipinski definition) is 2. The van der Waals surface area contributed by atoms with Crippen LogP contribution in [-0.4, -0.2) is 29.3 Å². The molecule has 0 saturated carbocycles. The molecule has 0 saturated heterocycles. The molecule has 3 N–H and O–H groups in total. The van der Waals surface area contributed by atoms with Gasteiger partial charge in [-0.1, -0.05) is 0 Å². The maximum Gasteiger partial charge on any atom is 0.0749 e. The highest BCUT2D eigenvalue weighted by Gasteiger charge is 2.16. The van der Waals surface area contributed by atoms with E-state index in [2.05, 4.69) is 0 Å². The Morgan fingerprint density at radius 2 is 2.22 bits per heavy atom. The Kier molecular flexibility index (Phi) is 4.27. The molecule has 9 heavy (non-hydrogen) atoms. The van der Waals surface area contributed by atoms with Crippen LogP contribution in [-0.2, 0) is 0 Å². The largest absolute Gasteiger partial charge is 0.389 e. The monoisotopic (exact) mass is 149 g/mol. The van der Waals surface area contributed by atoms with Crippen molar-refractivity contribution in [3.8, 4) is 0 Å². The highest BCUT2D eigenvalue weighted by atomic mass is 32.2. The first-order valence-corrected chi connectivity index (χ1v) is 4.43. The van der Waals surface area contributed by atoms with Crippen LogP contribution in [0.2, 0.25) is 0 Å². The van der Waals surface area contributed by atoms with Gasteiger partial charge in [-0.2, -0.15) is 11.8 Å². The Balaban J connectivity index is 3.33. The maximum atomic E-state index is 9.32. The number of thioether (sulfide) groups is 1. The SMILES string of the molecule is CSCC[C@@](C)(O)CN. The van der Waals surface area contributed by atoms with Crippen LogP contribution in [0.25, 0.3) is 0 Å². The molecule has 0 rings (SSSR count). The molecule has 0 radical (unpaired) electrons. The summed E-state index contributed by atoms with van der Waals surface area (Å²) in [6.07, 6.45) is 2.80.